The summed E-state index contributed by atoms with van der Waals surface area (Å²) >= 11 is 5.79. The van der Waals surface area contributed by atoms with E-state index in [0.717, 1.165) is 12.1 Å². The maximum Gasteiger partial charge on any atom is 0.256 e. The predicted molar refractivity (Wildman–Crippen MR) is 71.2 cm³/mol. The van der Waals surface area contributed by atoms with Gasteiger partial charge in [0.2, 0.25) is 0 Å². The lowest BCUT2D eigenvalue weighted by Crippen LogP contribution is -2.24. The molecule has 0 radical (unpaired) electrons. The highest BCUT2D eigenvalue weighted by molar-refractivity contribution is 6.33. The van der Waals surface area contributed by atoms with Crippen molar-refractivity contribution < 1.29 is 13.6 Å². The summed E-state index contributed by atoms with van der Waals surface area (Å²) in [6, 6.07) is 4.80. The Morgan fingerprint density at radius 2 is 2.05 bits per heavy atom. The molecule has 1 aromatic carbocycles. The molecule has 0 atom stereocenters. The number of rotatable bonds is 3. The summed E-state index contributed by atoms with van der Waals surface area (Å²) in [6.45, 7) is 0.0146. The molecule has 4 nitrogen and oxygen atoms in total. The Labute approximate surface area is 118 Å². The summed E-state index contributed by atoms with van der Waals surface area (Å²) in [7, 11) is 0. The number of nitrogens with one attached hydrogen (secondary N) is 1. The first-order valence-electron chi connectivity index (χ1n) is 5.61. The standard InChI is InChI=1S/C13H10ClF2N3O/c14-12-11(10(17)3-4-18-12)13(20)19-6-7-1-2-8(15)9(16)5-7/h1-5H,6H2,(H2,17,18)(H,19,20). The summed E-state index contributed by atoms with van der Waals surface area (Å²) in [5, 5.41) is 2.49. The van der Waals surface area contributed by atoms with Crippen LogP contribution in [0.15, 0.2) is 30.5 Å². The fraction of sp³-hybridized carbons (Fsp3) is 0.0769. The number of aromatic nitrogens is 1. The first-order valence-corrected chi connectivity index (χ1v) is 5.99. The number of anilines is 1. The van der Waals surface area contributed by atoms with E-state index in [2.05, 4.69) is 10.3 Å². The van der Waals surface area contributed by atoms with E-state index >= 15 is 0 Å². The highest BCUT2D eigenvalue weighted by Gasteiger charge is 2.14. The molecule has 1 amide bonds. The first-order chi connectivity index (χ1) is 9.49. The Balaban J connectivity index is 2.11. The smallest absolute Gasteiger partial charge is 0.256 e. The van der Waals surface area contributed by atoms with Crippen molar-refractivity contribution in [3.8, 4) is 0 Å². The molecular weight excluding hydrogens is 288 g/mol. The average molecular weight is 298 g/mol. The van der Waals surface area contributed by atoms with Crippen molar-refractivity contribution in [2.75, 3.05) is 5.73 Å². The molecule has 0 saturated carbocycles. The van der Waals surface area contributed by atoms with Crippen LogP contribution >= 0.6 is 11.6 Å². The lowest BCUT2D eigenvalue weighted by Gasteiger charge is -2.08. The molecule has 3 N–H and O–H groups in total. The van der Waals surface area contributed by atoms with Gasteiger partial charge in [-0.25, -0.2) is 13.8 Å². The van der Waals surface area contributed by atoms with Crippen molar-refractivity contribution >= 4 is 23.2 Å². The largest absolute Gasteiger partial charge is 0.398 e. The third-order valence-corrected chi connectivity index (χ3v) is 2.89. The Morgan fingerprint density at radius 1 is 1.30 bits per heavy atom. The highest BCUT2D eigenvalue weighted by atomic mass is 35.5. The van der Waals surface area contributed by atoms with Gasteiger partial charge in [0.05, 0.1) is 5.56 Å². The zero-order valence-electron chi connectivity index (χ0n) is 10.2. The van der Waals surface area contributed by atoms with Crippen LogP contribution in [0.4, 0.5) is 14.5 Å². The zero-order chi connectivity index (χ0) is 14.7. The minimum atomic E-state index is -0.976. The van der Waals surface area contributed by atoms with Crippen molar-refractivity contribution in [2.24, 2.45) is 0 Å². The van der Waals surface area contributed by atoms with Gasteiger partial charge in [-0.05, 0) is 23.8 Å². The minimum absolute atomic E-state index is 0.0146. The molecule has 0 saturated heterocycles. The lowest BCUT2D eigenvalue weighted by atomic mass is 10.2. The normalized spacial score (nSPS) is 10.3. The molecule has 1 aromatic heterocycles. The zero-order valence-corrected chi connectivity index (χ0v) is 10.9. The summed E-state index contributed by atoms with van der Waals surface area (Å²) in [6.07, 6.45) is 1.38. The Morgan fingerprint density at radius 3 is 2.70 bits per heavy atom. The fourth-order valence-corrected chi connectivity index (χ4v) is 1.85. The number of nitrogens with zero attached hydrogens (tertiary/aromatic N) is 1. The molecular formula is C13H10ClF2N3O. The number of nitrogen functional groups attached to an aromatic ring is 1. The fourth-order valence-electron chi connectivity index (χ4n) is 1.60. The molecule has 20 heavy (non-hydrogen) atoms. The molecule has 0 bridgehead atoms. The second-order valence-corrected chi connectivity index (χ2v) is 4.36. The second kappa shape index (κ2) is 5.83. The van der Waals surface area contributed by atoms with E-state index < -0.39 is 17.5 Å². The molecule has 1 heterocycles. The van der Waals surface area contributed by atoms with Crippen molar-refractivity contribution in [1.82, 2.24) is 10.3 Å². The molecule has 0 fully saturated rings. The maximum atomic E-state index is 13.0. The maximum absolute atomic E-state index is 13.0. The summed E-state index contributed by atoms with van der Waals surface area (Å²) in [5.41, 5.74) is 6.29. The number of hydrogen-bond acceptors (Lipinski definition) is 3. The molecule has 2 aromatic rings. The van der Waals surface area contributed by atoms with Crippen molar-refractivity contribution in [3.63, 3.8) is 0 Å². The Kier molecular flexibility index (Phi) is 4.14. The number of pyridine rings is 1. The number of nitrogens with two attached hydrogens (primary N) is 1. The van der Waals surface area contributed by atoms with Crippen molar-refractivity contribution in [1.29, 1.82) is 0 Å². The third kappa shape index (κ3) is 3.03. The molecule has 2 rings (SSSR count). The van der Waals surface area contributed by atoms with E-state index in [9.17, 15) is 13.6 Å². The van der Waals surface area contributed by atoms with Crippen LogP contribution in [0.5, 0.6) is 0 Å². The SMILES string of the molecule is Nc1ccnc(Cl)c1C(=O)NCc1ccc(F)c(F)c1. The summed E-state index contributed by atoms with van der Waals surface area (Å²) < 4.78 is 25.8. The molecule has 7 heteroatoms. The second-order valence-electron chi connectivity index (χ2n) is 4.00. The van der Waals surface area contributed by atoms with Gasteiger partial charge in [0, 0.05) is 18.4 Å². The van der Waals surface area contributed by atoms with E-state index in [1.807, 2.05) is 0 Å². The lowest BCUT2D eigenvalue weighted by molar-refractivity contribution is 0.0951. The van der Waals surface area contributed by atoms with Crippen LogP contribution < -0.4 is 11.1 Å². The van der Waals surface area contributed by atoms with Gasteiger partial charge >= 0.3 is 0 Å². The van der Waals surface area contributed by atoms with Crippen LogP contribution in [0.1, 0.15) is 15.9 Å². The predicted octanol–water partition coefficient (Wildman–Crippen LogP) is 2.53. The van der Waals surface area contributed by atoms with Crippen LogP contribution in [0.2, 0.25) is 5.15 Å². The molecule has 0 spiro atoms. The quantitative estimate of drug-likeness (QED) is 0.856. The van der Waals surface area contributed by atoms with Gasteiger partial charge in [0.25, 0.3) is 5.91 Å². The van der Waals surface area contributed by atoms with E-state index in [-0.39, 0.29) is 22.9 Å². The molecule has 0 aliphatic carbocycles. The van der Waals surface area contributed by atoms with E-state index in [1.54, 1.807) is 0 Å². The number of hydrogen-bond donors (Lipinski definition) is 2. The van der Waals surface area contributed by atoms with Gasteiger partial charge < -0.3 is 11.1 Å². The molecule has 104 valence electrons. The monoisotopic (exact) mass is 297 g/mol. The molecule has 0 unspecified atom stereocenters. The Bertz CT molecular complexity index is 644. The molecule has 0 aliphatic rings. The number of carbonyl (C=O) groups is 1. The van der Waals surface area contributed by atoms with Crippen LogP contribution in [-0.4, -0.2) is 10.9 Å². The van der Waals surface area contributed by atoms with Gasteiger partial charge in [0.15, 0.2) is 11.6 Å². The minimum Gasteiger partial charge on any atom is -0.398 e. The topological polar surface area (TPSA) is 68.0 Å². The van der Waals surface area contributed by atoms with Gasteiger partial charge in [0.1, 0.15) is 5.15 Å². The highest BCUT2D eigenvalue weighted by Crippen LogP contribution is 2.19. The molecule has 0 aliphatic heterocycles. The van der Waals surface area contributed by atoms with Crippen molar-refractivity contribution in [2.45, 2.75) is 6.54 Å². The van der Waals surface area contributed by atoms with Gasteiger partial charge in [-0.1, -0.05) is 17.7 Å². The number of benzene rings is 1. The van der Waals surface area contributed by atoms with E-state index in [4.69, 9.17) is 17.3 Å². The van der Waals surface area contributed by atoms with E-state index in [0.29, 0.717) is 5.56 Å². The first kappa shape index (κ1) is 14.2. The van der Waals surface area contributed by atoms with Crippen LogP contribution in [0.3, 0.4) is 0 Å². The van der Waals surface area contributed by atoms with Crippen LogP contribution in [0, 0.1) is 11.6 Å². The number of amides is 1. The van der Waals surface area contributed by atoms with Gasteiger partial charge in [-0.15, -0.1) is 0 Å². The van der Waals surface area contributed by atoms with Crippen LogP contribution in [0.25, 0.3) is 0 Å². The van der Waals surface area contributed by atoms with Crippen LogP contribution in [-0.2, 0) is 6.54 Å². The number of carbonyl (C=O) groups excluding carboxylic acids is 1. The van der Waals surface area contributed by atoms with Crippen molar-refractivity contribution in [3.05, 3.63) is 58.4 Å². The number of halogens is 3. The van der Waals surface area contributed by atoms with E-state index in [1.165, 1.54) is 18.3 Å². The summed E-state index contributed by atoms with van der Waals surface area (Å²) in [5.74, 6) is -2.46. The van der Waals surface area contributed by atoms with Gasteiger partial charge in [-0.2, -0.15) is 0 Å². The van der Waals surface area contributed by atoms with Gasteiger partial charge in [-0.3, -0.25) is 4.79 Å². The average Bonchev–Trinajstić information content (AvgIpc) is 2.40. The Hall–Kier alpha value is -2.21. The third-order valence-electron chi connectivity index (χ3n) is 2.60. The summed E-state index contributed by atoms with van der Waals surface area (Å²) in [4.78, 5) is 15.7.